The lowest BCUT2D eigenvalue weighted by Crippen LogP contribution is -2.15. The molecule has 27 heavy (non-hydrogen) atoms. The van der Waals surface area contributed by atoms with Crippen molar-refractivity contribution in [3.05, 3.63) is 77.2 Å². The maximum atomic E-state index is 6.47. The van der Waals surface area contributed by atoms with E-state index in [1.807, 2.05) is 49.4 Å². The third kappa shape index (κ3) is 4.22. The Kier molecular flexibility index (Phi) is 5.26. The minimum Gasteiger partial charge on any atom is -0.457 e. The van der Waals surface area contributed by atoms with Gasteiger partial charge >= 0.3 is 0 Å². The molecule has 0 aliphatic heterocycles. The summed E-state index contributed by atoms with van der Waals surface area (Å²) in [6.45, 7) is 2.04. The van der Waals surface area contributed by atoms with E-state index in [-0.39, 0.29) is 6.04 Å². The van der Waals surface area contributed by atoms with E-state index >= 15 is 0 Å². The maximum Gasteiger partial charge on any atom is 0.149 e. The summed E-state index contributed by atoms with van der Waals surface area (Å²) < 4.78 is 5.89. The number of hydrogen-bond donors (Lipinski definition) is 1. The number of nitrogens with one attached hydrogen (secondary N) is 1. The van der Waals surface area contributed by atoms with E-state index in [4.69, 9.17) is 16.3 Å². The van der Waals surface area contributed by atoms with Crippen LogP contribution in [0.15, 0.2) is 60.9 Å². The Balaban J connectivity index is 1.53. The zero-order chi connectivity index (χ0) is 18.6. The van der Waals surface area contributed by atoms with Crippen molar-refractivity contribution in [3.8, 4) is 11.5 Å². The summed E-state index contributed by atoms with van der Waals surface area (Å²) >= 11 is 6.47. The van der Waals surface area contributed by atoms with E-state index in [1.165, 1.54) is 18.4 Å². The number of benzene rings is 2. The molecule has 1 aliphatic carbocycles. The Labute approximate surface area is 164 Å². The molecule has 1 N–H and O–H groups in total. The highest BCUT2D eigenvalue weighted by Gasteiger charge is 2.33. The number of nitrogens with zero attached hydrogens (tertiary/aromatic N) is 2. The maximum absolute atomic E-state index is 6.47. The van der Waals surface area contributed by atoms with Crippen LogP contribution in [-0.2, 0) is 6.42 Å². The van der Waals surface area contributed by atoms with Gasteiger partial charge in [0.15, 0.2) is 0 Å². The van der Waals surface area contributed by atoms with Crippen LogP contribution in [0.2, 0.25) is 5.02 Å². The Hall–Kier alpha value is -2.59. The largest absolute Gasteiger partial charge is 0.457 e. The molecule has 1 saturated carbocycles. The average Bonchev–Trinajstić information content (AvgIpc) is 3.54. The van der Waals surface area contributed by atoms with Crippen molar-refractivity contribution in [2.75, 3.05) is 5.32 Å². The predicted molar refractivity (Wildman–Crippen MR) is 108 cm³/mol. The van der Waals surface area contributed by atoms with Crippen LogP contribution in [-0.4, -0.2) is 9.97 Å². The van der Waals surface area contributed by atoms with Gasteiger partial charge in [-0.15, -0.1) is 0 Å². The molecule has 1 atom stereocenters. The normalized spacial score (nSPS) is 14.6. The van der Waals surface area contributed by atoms with Crippen LogP contribution in [0, 0.1) is 5.92 Å². The molecule has 0 saturated heterocycles. The minimum atomic E-state index is 0.188. The molecule has 0 bridgehead atoms. The van der Waals surface area contributed by atoms with Crippen molar-refractivity contribution in [1.29, 1.82) is 0 Å². The molecule has 1 fully saturated rings. The van der Waals surface area contributed by atoms with Gasteiger partial charge in [0.25, 0.3) is 0 Å². The Morgan fingerprint density at radius 1 is 1.04 bits per heavy atom. The highest BCUT2D eigenvalue weighted by molar-refractivity contribution is 6.33. The number of aryl methyl sites for hydroxylation is 1. The third-order valence-electron chi connectivity index (χ3n) is 4.80. The molecule has 4 rings (SSSR count). The van der Waals surface area contributed by atoms with E-state index in [0.29, 0.717) is 16.8 Å². The van der Waals surface area contributed by atoms with Crippen LogP contribution in [0.5, 0.6) is 11.5 Å². The van der Waals surface area contributed by atoms with Crippen molar-refractivity contribution in [1.82, 2.24) is 9.97 Å². The van der Waals surface area contributed by atoms with E-state index in [9.17, 15) is 0 Å². The van der Waals surface area contributed by atoms with Crippen LogP contribution in [0.4, 0.5) is 5.82 Å². The first kappa shape index (κ1) is 17.8. The molecule has 0 amide bonds. The van der Waals surface area contributed by atoms with Gasteiger partial charge in [0, 0.05) is 0 Å². The third-order valence-corrected chi connectivity index (χ3v) is 5.20. The number of rotatable bonds is 7. The molecule has 1 aromatic heterocycles. The van der Waals surface area contributed by atoms with Gasteiger partial charge in [-0.25, -0.2) is 9.97 Å². The Bertz CT molecular complexity index is 895. The van der Waals surface area contributed by atoms with E-state index in [0.717, 1.165) is 23.6 Å². The van der Waals surface area contributed by atoms with E-state index in [2.05, 4.69) is 27.4 Å². The molecule has 1 heterocycles. The van der Waals surface area contributed by atoms with Gasteiger partial charge in [-0.2, -0.15) is 0 Å². The highest BCUT2D eigenvalue weighted by atomic mass is 35.5. The topological polar surface area (TPSA) is 47.0 Å². The fourth-order valence-corrected chi connectivity index (χ4v) is 3.46. The smallest absolute Gasteiger partial charge is 0.149 e. The molecular formula is C22H22ClN3O. The summed E-state index contributed by atoms with van der Waals surface area (Å²) in [7, 11) is 0. The van der Waals surface area contributed by atoms with Gasteiger partial charge in [0.05, 0.1) is 11.7 Å². The van der Waals surface area contributed by atoms with Gasteiger partial charge in [0.1, 0.15) is 28.7 Å². The summed E-state index contributed by atoms with van der Waals surface area (Å²) in [5, 5.41) is 4.17. The fourth-order valence-electron chi connectivity index (χ4n) is 3.17. The molecule has 2 aromatic carbocycles. The van der Waals surface area contributed by atoms with E-state index in [1.54, 1.807) is 6.33 Å². The molecule has 138 valence electrons. The average molecular weight is 380 g/mol. The van der Waals surface area contributed by atoms with Crippen LogP contribution in [0.1, 0.15) is 37.1 Å². The number of aromatic nitrogens is 2. The molecule has 3 aromatic rings. The summed E-state index contributed by atoms with van der Waals surface area (Å²) in [5.74, 6) is 2.97. The van der Waals surface area contributed by atoms with Gasteiger partial charge in [-0.05, 0) is 55.0 Å². The second-order valence-corrected chi connectivity index (χ2v) is 7.16. The Morgan fingerprint density at radius 3 is 2.41 bits per heavy atom. The lowest BCUT2D eigenvalue weighted by Gasteiger charge is -2.21. The molecule has 0 radical (unpaired) electrons. The summed E-state index contributed by atoms with van der Waals surface area (Å²) in [4.78, 5) is 8.61. The zero-order valence-electron chi connectivity index (χ0n) is 15.2. The monoisotopic (exact) mass is 379 g/mol. The molecule has 5 heteroatoms. The summed E-state index contributed by atoms with van der Waals surface area (Å²) in [5.41, 5.74) is 2.08. The molecule has 0 spiro atoms. The number of halogens is 1. The molecular weight excluding hydrogens is 358 g/mol. The first-order chi connectivity index (χ1) is 13.2. The Morgan fingerprint density at radius 2 is 1.74 bits per heavy atom. The number of anilines is 1. The van der Waals surface area contributed by atoms with Crippen molar-refractivity contribution in [2.24, 2.45) is 5.92 Å². The predicted octanol–water partition coefficient (Wildman–Crippen LogP) is 6.05. The standard InChI is InChI=1S/C22H22ClN3O/c1-2-19-20(23)22(25-14-24-19)26-21(15-8-9-15)16-10-12-18(13-11-16)27-17-6-4-3-5-7-17/h3-7,10-15,21H,2,8-9H2,1H3,(H,24,25,26). The van der Waals surface area contributed by atoms with E-state index < -0.39 is 0 Å². The van der Waals surface area contributed by atoms with Crippen molar-refractivity contribution in [3.63, 3.8) is 0 Å². The molecule has 1 aliphatic rings. The first-order valence-corrected chi connectivity index (χ1v) is 9.71. The van der Waals surface area contributed by atoms with Gasteiger partial charge in [0.2, 0.25) is 0 Å². The van der Waals surface area contributed by atoms with Crippen LogP contribution < -0.4 is 10.1 Å². The van der Waals surface area contributed by atoms with Gasteiger partial charge in [-0.1, -0.05) is 48.9 Å². The number of ether oxygens (including phenoxy) is 1. The van der Waals surface area contributed by atoms with Crippen LogP contribution >= 0.6 is 11.6 Å². The lowest BCUT2D eigenvalue weighted by molar-refractivity contribution is 0.482. The second kappa shape index (κ2) is 7.97. The van der Waals surface area contributed by atoms with Crippen molar-refractivity contribution >= 4 is 17.4 Å². The van der Waals surface area contributed by atoms with Crippen LogP contribution in [0.25, 0.3) is 0 Å². The van der Waals surface area contributed by atoms with Gasteiger partial charge in [-0.3, -0.25) is 0 Å². The lowest BCUT2D eigenvalue weighted by atomic mass is 10.0. The molecule has 1 unspecified atom stereocenters. The van der Waals surface area contributed by atoms with Gasteiger partial charge < -0.3 is 10.1 Å². The fraction of sp³-hybridized carbons (Fsp3) is 0.273. The molecule has 4 nitrogen and oxygen atoms in total. The van der Waals surface area contributed by atoms with Crippen LogP contribution in [0.3, 0.4) is 0 Å². The van der Waals surface area contributed by atoms with Crippen molar-refractivity contribution < 1.29 is 4.74 Å². The zero-order valence-corrected chi connectivity index (χ0v) is 16.0. The quantitative estimate of drug-likeness (QED) is 0.543. The van der Waals surface area contributed by atoms with Crippen molar-refractivity contribution in [2.45, 2.75) is 32.2 Å². The summed E-state index contributed by atoms with van der Waals surface area (Å²) in [6, 6.07) is 18.2. The number of hydrogen-bond acceptors (Lipinski definition) is 4. The second-order valence-electron chi connectivity index (χ2n) is 6.78. The minimum absolute atomic E-state index is 0.188. The number of para-hydroxylation sites is 1. The summed E-state index contributed by atoms with van der Waals surface area (Å²) in [6.07, 6.45) is 4.79. The first-order valence-electron chi connectivity index (χ1n) is 9.33. The highest BCUT2D eigenvalue weighted by Crippen LogP contribution is 2.43. The SMILES string of the molecule is CCc1ncnc(NC(c2ccc(Oc3ccccc3)cc2)C2CC2)c1Cl.